The van der Waals surface area contributed by atoms with Gasteiger partial charge in [0.2, 0.25) is 0 Å². The molecule has 3 heteroatoms. The van der Waals surface area contributed by atoms with Gasteiger partial charge in [-0.25, -0.2) is 4.79 Å². The molecule has 0 aromatic heterocycles. The smallest absolute Gasteiger partial charge is 0.335 e. The second kappa shape index (κ2) is 4.77. The third-order valence-corrected chi connectivity index (χ3v) is 2.16. The molecular formula is C11H14O3. The molecule has 3 nitrogen and oxygen atoms in total. The molecule has 0 aliphatic carbocycles. The molecule has 0 saturated heterocycles. The summed E-state index contributed by atoms with van der Waals surface area (Å²) in [5, 5.41) is 8.91. The minimum Gasteiger partial charge on any atom is -0.478 e. The monoisotopic (exact) mass is 194 g/mol. The fourth-order valence-electron chi connectivity index (χ4n) is 1.30. The van der Waals surface area contributed by atoms with Gasteiger partial charge in [0, 0.05) is 7.11 Å². The molecule has 1 atom stereocenters. The van der Waals surface area contributed by atoms with Crippen molar-refractivity contribution in [2.75, 3.05) is 7.11 Å². The summed E-state index contributed by atoms with van der Waals surface area (Å²) < 4.78 is 5.10. The average Bonchev–Trinajstić information content (AvgIpc) is 2.18. The van der Waals surface area contributed by atoms with E-state index in [9.17, 15) is 4.79 Å². The molecule has 0 amide bonds. The van der Waals surface area contributed by atoms with Crippen LogP contribution >= 0.6 is 0 Å². The van der Waals surface area contributed by atoms with Crippen LogP contribution in [0.25, 0.3) is 0 Å². The highest BCUT2D eigenvalue weighted by Crippen LogP contribution is 2.12. The van der Waals surface area contributed by atoms with Gasteiger partial charge in [-0.15, -0.1) is 0 Å². The maximum atomic E-state index is 10.9. The van der Waals surface area contributed by atoms with Crippen LogP contribution in [0.3, 0.4) is 0 Å². The van der Waals surface area contributed by atoms with Gasteiger partial charge in [0.25, 0.3) is 0 Å². The van der Waals surface area contributed by atoms with Crippen LogP contribution in [0.2, 0.25) is 0 Å². The first kappa shape index (κ1) is 10.7. The summed E-state index contributed by atoms with van der Waals surface area (Å²) >= 11 is 0. The van der Waals surface area contributed by atoms with E-state index in [0.717, 1.165) is 5.56 Å². The van der Waals surface area contributed by atoms with Gasteiger partial charge in [0.1, 0.15) is 0 Å². The second-order valence-corrected chi connectivity index (χ2v) is 3.21. The van der Waals surface area contributed by atoms with Crippen LogP contribution < -0.4 is 0 Å². The van der Waals surface area contributed by atoms with Crippen LogP contribution in [0.4, 0.5) is 0 Å². The number of aromatic carboxylic acids is 1. The Bertz CT molecular complexity index is 320. The van der Waals surface area contributed by atoms with E-state index in [0.29, 0.717) is 12.0 Å². The molecule has 0 spiro atoms. The van der Waals surface area contributed by atoms with E-state index in [1.165, 1.54) is 0 Å². The van der Waals surface area contributed by atoms with Gasteiger partial charge in [0.15, 0.2) is 0 Å². The molecule has 14 heavy (non-hydrogen) atoms. The number of hydrogen-bond donors (Lipinski definition) is 1. The van der Waals surface area contributed by atoms with Crippen molar-refractivity contribution in [1.29, 1.82) is 0 Å². The van der Waals surface area contributed by atoms with Gasteiger partial charge in [-0.2, -0.15) is 0 Å². The highest BCUT2D eigenvalue weighted by atomic mass is 16.5. The second-order valence-electron chi connectivity index (χ2n) is 3.21. The van der Waals surface area contributed by atoms with Crippen molar-refractivity contribution in [3.8, 4) is 0 Å². The summed E-state index contributed by atoms with van der Waals surface area (Å²) in [5.74, 6) is -0.885. The highest BCUT2D eigenvalue weighted by Gasteiger charge is 2.11. The number of ether oxygens (including phenoxy) is 1. The van der Waals surface area contributed by atoms with Crippen molar-refractivity contribution in [3.05, 3.63) is 35.4 Å². The van der Waals surface area contributed by atoms with Crippen LogP contribution in [-0.2, 0) is 11.2 Å². The summed E-state index contributed by atoms with van der Waals surface area (Å²) in [4.78, 5) is 10.9. The van der Waals surface area contributed by atoms with E-state index in [1.54, 1.807) is 19.2 Å². The molecule has 0 aliphatic rings. The Morgan fingerprint density at radius 2 is 2.14 bits per heavy atom. The van der Waals surface area contributed by atoms with Gasteiger partial charge in [-0.1, -0.05) is 18.2 Å². The van der Waals surface area contributed by atoms with Gasteiger partial charge in [-0.05, 0) is 25.0 Å². The molecule has 1 N–H and O–H groups in total. The zero-order chi connectivity index (χ0) is 10.6. The van der Waals surface area contributed by atoms with Gasteiger partial charge >= 0.3 is 5.97 Å². The van der Waals surface area contributed by atoms with Crippen LogP contribution in [0, 0.1) is 0 Å². The van der Waals surface area contributed by atoms with Crippen molar-refractivity contribution in [1.82, 2.24) is 0 Å². The number of carboxylic acids is 1. The molecule has 0 radical (unpaired) electrons. The van der Waals surface area contributed by atoms with E-state index in [2.05, 4.69) is 0 Å². The predicted octanol–water partition coefficient (Wildman–Crippen LogP) is 1.96. The Morgan fingerprint density at radius 3 is 2.71 bits per heavy atom. The van der Waals surface area contributed by atoms with Crippen molar-refractivity contribution < 1.29 is 14.6 Å². The van der Waals surface area contributed by atoms with Crippen LogP contribution in [0.1, 0.15) is 22.8 Å². The van der Waals surface area contributed by atoms with Crippen LogP contribution in [0.15, 0.2) is 24.3 Å². The molecule has 1 aromatic rings. The van der Waals surface area contributed by atoms with E-state index in [1.807, 2.05) is 19.1 Å². The lowest BCUT2D eigenvalue weighted by Gasteiger charge is -2.11. The third-order valence-electron chi connectivity index (χ3n) is 2.16. The fourth-order valence-corrected chi connectivity index (χ4v) is 1.30. The van der Waals surface area contributed by atoms with Gasteiger partial charge < -0.3 is 9.84 Å². The molecule has 0 fully saturated rings. The lowest BCUT2D eigenvalue weighted by Crippen LogP contribution is -2.12. The number of hydrogen-bond acceptors (Lipinski definition) is 2. The van der Waals surface area contributed by atoms with E-state index >= 15 is 0 Å². The number of carbonyl (C=O) groups is 1. The van der Waals surface area contributed by atoms with Gasteiger partial charge in [-0.3, -0.25) is 0 Å². The molecular weight excluding hydrogens is 180 g/mol. The SMILES string of the molecule is COC(C)Cc1ccccc1C(=O)O. The number of rotatable bonds is 4. The van der Waals surface area contributed by atoms with E-state index in [4.69, 9.17) is 9.84 Å². The first-order valence-electron chi connectivity index (χ1n) is 4.49. The highest BCUT2D eigenvalue weighted by molar-refractivity contribution is 5.89. The Kier molecular flexibility index (Phi) is 3.65. The molecule has 76 valence electrons. The van der Waals surface area contributed by atoms with E-state index in [-0.39, 0.29) is 6.10 Å². The largest absolute Gasteiger partial charge is 0.478 e. The van der Waals surface area contributed by atoms with Gasteiger partial charge in [0.05, 0.1) is 11.7 Å². The lowest BCUT2D eigenvalue weighted by molar-refractivity contribution is 0.0693. The molecule has 0 saturated carbocycles. The summed E-state index contributed by atoms with van der Waals surface area (Å²) in [6.45, 7) is 1.92. The quantitative estimate of drug-likeness (QED) is 0.797. The molecule has 1 unspecified atom stereocenters. The molecule has 0 aliphatic heterocycles. The Morgan fingerprint density at radius 1 is 1.50 bits per heavy atom. The van der Waals surface area contributed by atoms with E-state index < -0.39 is 5.97 Å². The lowest BCUT2D eigenvalue weighted by atomic mass is 10.0. The number of methoxy groups -OCH3 is 1. The topological polar surface area (TPSA) is 46.5 Å². The van der Waals surface area contributed by atoms with Crippen molar-refractivity contribution in [2.24, 2.45) is 0 Å². The van der Waals surface area contributed by atoms with Crippen molar-refractivity contribution in [2.45, 2.75) is 19.4 Å². The van der Waals surface area contributed by atoms with Crippen LogP contribution in [0.5, 0.6) is 0 Å². The third kappa shape index (κ3) is 2.57. The first-order valence-corrected chi connectivity index (χ1v) is 4.49. The molecule has 1 rings (SSSR count). The molecule has 0 heterocycles. The minimum absolute atomic E-state index is 0.0375. The Balaban J connectivity index is 2.90. The average molecular weight is 194 g/mol. The summed E-state index contributed by atoms with van der Waals surface area (Å²) in [7, 11) is 1.62. The molecule has 1 aromatic carbocycles. The normalized spacial score (nSPS) is 12.4. The summed E-state index contributed by atoms with van der Waals surface area (Å²) in [6, 6.07) is 6.99. The summed E-state index contributed by atoms with van der Waals surface area (Å²) in [5.41, 5.74) is 1.17. The number of benzene rings is 1. The zero-order valence-electron chi connectivity index (χ0n) is 8.36. The van der Waals surface area contributed by atoms with Crippen molar-refractivity contribution >= 4 is 5.97 Å². The fraction of sp³-hybridized carbons (Fsp3) is 0.364. The van der Waals surface area contributed by atoms with Crippen LogP contribution in [-0.4, -0.2) is 24.3 Å². The standard InChI is InChI=1S/C11H14O3/c1-8(14-2)7-9-5-3-4-6-10(9)11(12)13/h3-6,8H,7H2,1-2H3,(H,12,13). The zero-order valence-corrected chi connectivity index (χ0v) is 8.36. The minimum atomic E-state index is -0.885. The predicted molar refractivity (Wildman–Crippen MR) is 53.6 cm³/mol. The number of carboxylic acid groups (broad SMARTS) is 1. The first-order chi connectivity index (χ1) is 6.65. The Labute approximate surface area is 83.3 Å². The summed E-state index contributed by atoms with van der Waals surface area (Å²) in [6.07, 6.45) is 0.661. The molecule has 0 bridgehead atoms. The maximum absolute atomic E-state index is 10.9. The van der Waals surface area contributed by atoms with Crippen molar-refractivity contribution in [3.63, 3.8) is 0 Å². The Hall–Kier alpha value is -1.35. The maximum Gasteiger partial charge on any atom is 0.335 e.